The molecule has 0 bridgehead atoms. The van der Waals surface area contributed by atoms with Crippen molar-refractivity contribution in [3.63, 3.8) is 0 Å². The van der Waals surface area contributed by atoms with Crippen molar-refractivity contribution < 1.29 is 19.0 Å². The van der Waals surface area contributed by atoms with E-state index in [2.05, 4.69) is 5.32 Å². The number of nitrogens with one attached hydrogen (secondary N) is 1. The van der Waals surface area contributed by atoms with Crippen molar-refractivity contribution in [3.05, 3.63) is 24.3 Å². The molecule has 1 amide bonds. The van der Waals surface area contributed by atoms with Gasteiger partial charge in [0.15, 0.2) is 0 Å². The minimum atomic E-state index is -0.943. The molecule has 3 atom stereocenters. The van der Waals surface area contributed by atoms with E-state index in [1.807, 2.05) is 45.0 Å². The molecule has 2 fully saturated rings. The SMILES string of the molecule is CCOC1CC(N)(C(=O)Nc2cccc(OCC3CCCO3)c2)C1(C)C.Cl. The Kier molecular flexibility index (Phi) is 7.14. The van der Waals surface area contributed by atoms with Gasteiger partial charge in [-0.3, -0.25) is 4.79 Å². The highest BCUT2D eigenvalue weighted by Crippen LogP contribution is 2.50. The van der Waals surface area contributed by atoms with Gasteiger partial charge in [-0.1, -0.05) is 19.9 Å². The van der Waals surface area contributed by atoms with Gasteiger partial charge in [0.2, 0.25) is 5.91 Å². The van der Waals surface area contributed by atoms with Crippen LogP contribution in [0.2, 0.25) is 0 Å². The second-order valence-electron chi connectivity index (χ2n) is 7.77. The zero-order valence-corrected chi connectivity index (χ0v) is 17.1. The molecule has 1 aromatic carbocycles. The van der Waals surface area contributed by atoms with E-state index in [-0.39, 0.29) is 30.5 Å². The lowest BCUT2D eigenvalue weighted by Crippen LogP contribution is -2.74. The summed E-state index contributed by atoms with van der Waals surface area (Å²) in [5.74, 6) is 0.527. The zero-order chi connectivity index (χ0) is 18.8. The van der Waals surface area contributed by atoms with Crippen LogP contribution in [0.25, 0.3) is 0 Å². The van der Waals surface area contributed by atoms with Crippen molar-refractivity contribution in [1.29, 1.82) is 0 Å². The summed E-state index contributed by atoms with van der Waals surface area (Å²) in [6, 6.07) is 7.40. The highest BCUT2D eigenvalue weighted by atomic mass is 35.5. The van der Waals surface area contributed by atoms with E-state index in [0.717, 1.165) is 19.4 Å². The largest absolute Gasteiger partial charge is 0.491 e. The first kappa shape index (κ1) is 22.0. The van der Waals surface area contributed by atoms with E-state index in [9.17, 15) is 4.79 Å². The van der Waals surface area contributed by atoms with Crippen molar-refractivity contribution in [1.82, 2.24) is 0 Å². The number of nitrogens with two attached hydrogens (primary N) is 1. The smallest absolute Gasteiger partial charge is 0.245 e. The Bertz CT molecular complexity index is 649. The molecule has 1 aliphatic heterocycles. The maximum atomic E-state index is 12.8. The number of anilines is 1. The molecular weight excluding hydrogens is 368 g/mol. The average Bonchev–Trinajstić information content (AvgIpc) is 3.13. The molecule has 1 saturated carbocycles. The fraction of sp³-hybridized carbons (Fsp3) is 0.650. The van der Waals surface area contributed by atoms with E-state index in [1.165, 1.54) is 0 Å². The van der Waals surface area contributed by atoms with Crippen LogP contribution in [0.5, 0.6) is 5.75 Å². The fourth-order valence-electron chi connectivity index (χ4n) is 3.69. The van der Waals surface area contributed by atoms with Gasteiger partial charge >= 0.3 is 0 Å². The van der Waals surface area contributed by atoms with Gasteiger partial charge < -0.3 is 25.3 Å². The molecule has 2 aliphatic rings. The predicted molar refractivity (Wildman–Crippen MR) is 108 cm³/mol. The van der Waals surface area contributed by atoms with Crippen LogP contribution in [0.4, 0.5) is 5.69 Å². The first-order chi connectivity index (χ1) is 12.4. The molecule has 3 rings (SSSR count). The number of carbonyl (C=O) groups excluding carboxylic acids is 1. The molecule has 1 aliphatic carbocycles. The Balaban J connectivity index is 0.00000261. The second kappa shape index (κ2) is 8.78. The van der Waals surface area contributed by atoms with Gasteiger partial charge in [-0.05, 0) is 31.9 Å². The molecule has 0 aromatic heterocycles. The number of hydrogen-bond donors (Lipinski definition) is 2. The molecule has 0 radical (unpaired) electrons. The Hall–Kier alpha value is -1.34. The first-order valence-corrected chi connectivity index (χ1v) is 9.43. The van der Waals surface area contributed by atoms with E-state index in [4.69, 9.17) is 19.9 Å². The summed E-state index contributed by atoms with van der Waals surface area (Å²) in [5, 5.41) is 2.94. The van der Waals surface area contributed by atoms with Crippen molar-refractivity contribution in [2.75, 3.05) is 25.1 Å². The quantitative estimate of drug-likeness (QED) is 0.737. The molecule has 27 heavy (non-hydrogen) atoms. The van der Waals surface area contributed by atoms with Crippen molar-refractivity contribution in [2.24, 2.45) is 11.1 Å². The number of carbonyl (C=O) groups is 1. The minimum Gasteiger partial charge on any atom is -0.491 e. The minimum absolute atomic E-state index is 0. The standard InChI is InChI=1S/C20H30N2O4.ClH/c1-4-24-17-12-20(21,19(17,2)3)18(23)22-14-7-5-8-15(11-14)26-13-16-9-6-10-25-16;/h5,7-8,11,16-17H,4,6,9-10,12-13,21H2,1-3H3,(H,22,23);1H. The van der Waals surface area contributed by atoms with E-state index < -0.39 is 11.0 Å². The molecular formula is C20H31ClN2O4. The van der Waals surface area contributed by atoms with Crippen LogP contribution < -0.4 is 15.8 Å². The summed E-state index contributed by atoms with van der Waals surface area (Å²) < 4.78 is 17.1. The van der Waals surface area contributed by atoms with E-state index in [1.54, 1.807) is 0 Å². The van der Waals surface area contributed by atoms with Gasteiger partial charge in [-0.2, -0.15) is 0 Å². The summed E-state index contributed by atoms with van der Waals surface area (Å²) in [4.78, 5) is 12.8. The monoisotopic (exact) mass is 398 g/mol. The Morgan fingerprint density at radius 3 is 2.81 bits per heavy atom. The molecule has 0 spiro atoms. The molecule has 1 saturated heterocycles. The lowest BCUT2D eigenvalue weighted by atomic mass is 9.54. The number of rotatable bonds is 7. The summed E-state index contributed by atoms with van der Waals surface area (Å²) in [5.41, 5.74) is 5.75. The van der Waals surface area contributed by atoms with Crippen molar-refractivity contribution in [3.8, 4) is 5.75 Å². The molecule has 3 unspecified atom stereocenters. The van der Waals surface area contributed by atoms with Crippen LogP contribution in [0.3, 0.4) is 0 Å². The Morgan fingerprint density at radius 1 is 1.41 bits per heavy atom. The number of halogens is 1. The molecule has 1 aromatic rings. The number of amides is 1. The normalized spacial score (nSPS) is 28.7. The van der Waals surface area contributed by atoms with Crippen LogP contribution in [-0.4, -0.2) is 43.5 Å². The Labute approximate surface area is 167 Å². The predicted octanol–water partition coefficient (Wildman–Crippen LogP) is 3.14. The third-order valence-corrected chi connectivity index (χ3v) is 5.79. The van der Waals surface area contributed by atoms with Crippen LogP contribution in [0.1, 0.15) is 40.0 Å². The highest BCUT2D eigenvalue weighted by Gasteiger charge is 2.62. The second-order valence-corrected chi connectivity index (χ2v) is 7.77. The molecule has 6 nitrogen and oxygen atoms in total. The zero-order valence-electron chi connectivity index (χ0n) is 16.3. The third-order valence-electron chi connectivity index (χ3n) is 5.79. The lowest BCUT2D eigenvalue weighted by molar-refractivity contribution is -0.166. The highest BCUT2D eigenvalue weighted by molar-refractivity contribution is 5.99. The lowest BCUT2D eigenvalue weighted by Gasteiger charge is -2.57. The van der Waals surface area contributed by atoms with E-state index >= 15 is 0 Å². The van der Waals surface area contributed by atoms with Crippen LogP contribution in [0.15, 0.2) is 24.3 Å². The van der Waals surface area contributed by atoms with Gasteiger partial charge in [0, 0.05) is 36.8 Å². The molecule has 7 heteroatoms. The van der Waals surface area contributed by atoms with Crippen molar-refractivity contribution in [2.45, 2.75) is 57.8 Å². The first-order valence-electron chi connectivity index (χ1n) is 9.43. The molecule has 3 N–H and O–H groups in total. The summed E-state index contributed by atoms with van der Waals surface area (Å²) in [6.45, 7) is 7.88. The average molecular weight is 399 g/mol. The van der Waals surface area contributed by atoms with E-state index in [0.29, 0.717) is 31.1 Å². The summed E-state index contributed by atoms with van der Waals surface area (Å²) in [6.07, 6.45) is 2.80. The number of hydrogen-bond acceptors (Lipinski definition) is 5. The summed E-state index contributed by atoms with van der Waals surface area (Å²) in [7, 11) is 0. The van der Waals surface area contributed by atoms with Gasteiger partial charge in [-0.25, -0.2) is 0 Å². The van der Waals surface area contributed by atoms with Crippen LogP contribution in [0, 0.1) is 5.41 Å². The maximum absolute atomic E-state index is 12.8. The van der Waals surface area contributed by atoms with Crippen LogP contribution >= 0.6 is 12.4 Å². The third kappa shape index (κ3) is 4.40. The topological polar surface area (TPSA) is 82.8 Å². The van der Waals surface area contributed by atoms with Crippen molar-refractivity contribution >= 4 is 24.0 Å². The molecule has 152 valence electrons. The van der Waals surface area contributed by atoms with Gasteiger partial charge in [0.1, 0.15) is 17.9 Å². The number of benzene rings is 1. The van der Waals surface area contributed by atoms with Gasteiger partial charge in [0.05, 0.1) is 12.2 Å². The summed E-state index contributed by atoms with van der Waals surface area (Å²) >= 11 is 0. The van der Waals surface area contributed by atoms with Gasteiger partial charge in [-0.15, -0.1) is 12.4 Å². The fourth-order valence-corrected chi connectivity index (χ4v) is 3.69. The van der Waals surface area contributed by atoms with Gasteiger partial charge in [0.25, 0.3) is 0 Å². The number of ether oxygens (including phenoxy) is 3. The Morgan fingerprint density at radius 2 is 2.19 bits per heavy atom. The van der Waals surface area contributed by atoms with Crippen LogP contribution in [-0.2, 0) is 14.3 Å². The molecule has 1 heterocycles. The maximum Gasteiger partial charge on any atom is 0.245 e.